The summed E-state index contributed by atoms with van der Waals surface area (Å²) in [5.41, 5.74) is 1.41. The van der Waals surface area contributed by atoms with Crippen molar-refractivity contribution in [3.8, 4) is 0 Å². The zero-order valence-corrected chi connectivity index (χ0v) is 11.5. The Hall–Kier alpha value is -1.40. The van der Waals surface area contributed by atoms with Gasteiger partial charge in [-0.3, -0.25) is 9.48 Å². The highest BCUT2D eigenvalue weighted by Gasteiger charge is 2.38. The van der Waals surface area contributed by atoms with E-state index < -0.39 is 0 Å². The average molecular weight is 264 g/mol. The average Bonchev–Trinajstić information content (AvgIpc) is 2.81. The molecule has 1 saturated heterocycles. The van der Waals surface area contributed by atoms with Crippen LogP contribution in [0.5, 0.6) is 0 Å². The lowest BCUT2D eigenvalue weighted by Gasteiger charge is -2.40. The van der Waals surface area contributed by atoms with Crippen LogP contribution < -0.4 is 5.32 Å². The van der Waals surface area contributed by atoms with Gasteiger partial charge in [0.2, 0.25) is 0 Å². The fourth-order valence-corrected chi connectivity index (χ4v) is 2.77. The normalized spacial score (nSPS) is 21.2. The monoisotopic (exact) mass is 264 g/mol. The summed E-state index contributed by atoms with van der Waals surface area (Å²) >= 11 is 0. The molecule has 19 heavy (non-hydrogen) atoms. The minimum Gasteiger partial charge on any atom is -0.367 e. The van der Waals surface area contributed by atoms with Crippen molar-refractivity contribution in [1.82, 2.24) is 20.0 Å². The van der Waals surface area contributed by atoms with E-state index in [1.165, 1.54) is 0 Å². The molecule has 104 valence electrons. The summed E-state index contributed by atoms with van der Waals surface area (Å²) in [6.07, 6.45) is 2.01. The first-order valence-electron chi connectivity index (χ1n) is 6.73. The smallest absolute Gasteiger partial charge is 0.273 e. The summed E-state index contributed by atoms with van der Waals surface area (Å²) in [5, 5.41) is 7.79. The molecule has 1 N–H and O–H groups in total. The Bertz CT molecular complexity index is 489. The van der Waals surface area contributed by atoms with Gasteiger partial charge < -0.3 is 15.0 Å². The van der Waals surface area contributed by atoms with Gasteiger partial charge >= 0.3 is 0 Å². The van der Waals surface area contributed by atoms with Gasteiger partial charge in [-0.15, -0.1) is 0 Å². The molecular weight excluding hydrogens is 244 g/mol. The molecule has 2 aliphatic rings. The summed E-state index contributed by atoms with van der Waals surface area (Å²) in [5.74, 6) is -0.0544. The van der Waals surface area contributed by atoms with E-state index in [-0.39, 0.29) is 11.5 Å². The Morgan fingerprint density at radius 1 is 1.47 bits per heavy atom. The predicted molar refractivity (Wildman–Crippen MR) is 69.9 cm³/mol. The van der Waals surface area contributed by atoms with Crippen molar-refractivity contribution in [1.29, 1.82) is 0 Å². The summed E-state index contributed by atoms with van der Waals surface area (Å²) < 4.78 is 8.01. The second-order valence-corrected chi connectivity index (χ2v) is 5.60. The first-order chi connectivity index (χ1) is 9.10. The van der Waals surface area contributed by atoms with Gasteiger partial charge in [-0.05, 0) is 32.0 Å². The van der Waals surface area contributed by atoms with Gasteiger partial charge in [-0.2, -0.15) is 5.10 Å². The number of aromatic nitrogens is 2. The number of nitrogens with zero attached hydrogens (tertiary/aromatic N) is 3. The zero-order valence-electron chi connectivity index (χ0n) is 11.5. The number of carbonyl (C=O) groups is 1. The molecule has 1 fully saturated rings. The van der Waals surface area contributed by atoms with Gasteiger partial charge in [0.25, 0.3) is 5.91 Å². The van der Waals surface area contributed by atoms with E-state index >= 15 is 0 Å². The minimum atomic E-state index is -0.0945. The van der Waals surface area contributed by atoms with Gasteiger partial charge in [0.05, 0.1) is 24.4 Å². The summed E-state index contributed by atoms with van der Waals surface area (Å²) in [6.45, 7) is 3.28. The fraction of sp³-hybridized carbons (Fsp3) is 0.692. The highest BCUT2D eigenvalue weighted by atomic mass is 16.5. The molecule has 1 spiro atoms. The van der Waals surface area contributed by atoms with Crippen molar-refractivity contribution in [2.75, 3.05) is 27.2 Å². The highest BCUT2D eigenvalue weighted by Crippen LogP contribution is 2.31. The van der Waals surface area contributed by atoms with Crippen LogP contribution in [0.15, 0.2) is 6.07 Å². The largest absolute Gasteiger partial charge is 0.367 e. The quantitative estimate of drug-likeness (QED) is 0.789. The maximum Gasteiger partial charge on any atom is 0.273 e. The van der Waals surface area contributed by atoms with Crippen LogP contribution in [0.2, 0.25) is 0 Å². The Balaban J connectivity index is 1.83. The standard InChI is InChI=1S/C13H20N4O2/c1-16(2)12(18)11-7-10-8-19-13(9-17(10)15-11)3-5-14-6-4-13/h7,14H,3-6,8-9H2,1-2H3. The van der Waals surface area contributed by atoms with E-state index in [4.69, 9.17) is 4.74 Å². The van der Waals surface area contributed by atoms with E-state index in [1.54, 1.807) is 19.0 Å². The lowest BCUT2D eigenvalue weighted by Crippen LogP contribution is -2.49. The molecule has 1 amide bonds. The molecule has 6 nitrogen and oxygen atoms in total. The van der Waals surface area contributed by atoms with Crippen molar-refractivity contribution in [2.45, 2.75) is 31.6 Å². The molecule has 2 aliphatic heterocycles. The Labute approximate surface area is 112 Å². The third-order valence-electron chi connectivity index (χ3n) is 3.97. The van der Waals surface area contributed by atoms with Gasteiger partial charge in [0, 0.05) is 14.1 Å². The Morgan fingerprint density at radius 2 is 2.21 bits per heavy atom. The van der Waals surface area contributed by atoms with Gasteiger partial charge in [-0.25, -0.2) is 0 Å². The molecule has 0 aromatic carbocycles. The Kier molecular flexibility index (Phi) is 3.06. The van der Waals surface area contributed by atoms with E-state index in [9.17, 15) is 4.79 Å². The van der Waals surface area contributed by atoms with Crippen LogP contribution in [0.3, 0.4) is 0 Å². The molecule has 0 unspecified atom stereocenters. The number of ether oxygens (including phenoxy) is 1. The van der Waals surface area contributed by atoms with Crippen LogP contribution in [0, 0.1) is 0 Å². The lowest BCUT2D eigenvalue weighted by molar-refractivity contribution is -0.109. The zero-order chi connectivity index (χ0) is 13.5. The van der Waals surface area contributed by atoms with Crippen molar-refractivity contribution in [2.24, 2.45) is 0 Å². The van der Waals surface area contributed by atoms with E-state index in [2.05, 4.69) is 10.4 Å². The van der Waals surface area contributed by atoms with E-state index in [1.807, 2.05) is 10.7 Å². The van der Waals surface area contributed by atoms with Gasteiger partial charge in [0.15, 0.2) is 5.69 Å². The predicted octanol–water partition coefficient (Wildman–Crippen LogP) is 0.237. The number of hydrogen-bond donors (Lipinski definition) is 1. The van der Waals surface area contributed by atoms with E-state index in [0.717, 1.165) is 38.2 Å². The lowest BCUT2D eigenvalue weighted by atomic mass is 9.91. The van der Waals surface area contributed by atoms with Crippen LogP contribution in [-0.4, -0.2) is 53.4 Å². The number of nitrogens with one attached hydrogen (secondary N) is 1. The maximum atomic E-state index is 11.9. The van der Waals surface area contributed by atoms with Crippen molar-refractivity contribution in [3.63, 3.8) is 0 Å². The molecule has 3 heterocycles. The number of piperidine rings is 1. The molecule has 6 heteroatoms. The maximum absolute atomic E-state index is 11.9. The van der Waals surface area contributed by atoms with Crippen molar-refractivity contribution < 1.29 is 9.53 Å². The van der Waals surface area contributed by atoms with Crippen LogP contribution in [-0.2, 0) is 17.9 Å². The summed E-state index contributed by atoms with van der Waals surface area (Å²) in [7, 11) is 3.48. The third kappa shape index (κ3) is 2.26. The fourth-order valence-electron chi connectivity index (χ4n) is 2.77. The third-order valence-corrected chi connectivity index (χ3v) is 3.97. The SMILES string of the molecule is CN(C)C(=O)c1cc2n(n1)CC1(CCNCC1)OC2. The molecule has 0 radical (unpaired) electrons. The number of rotatable bonds is 1. The summed E-state index contributed by atoms with van der Waals surface area (Å²) in [6, 6.07) is 1.84. The molecule has 1 aromatic rings. The van der Waals surface area contributed by atoms with Crippen LogP contribution in [0.25, 0.3) is 0 Å². The van der Waals surface area contributed by atoms with E-state index in [0.29, 0.717) is 12.3 Å². The van der Waals surface area contributed by atoms with Gasteiger partial charge in [-0.1, -0.05) is 0 Å². The molecule has 0 aliphatic carbocycles. The molecule has 0 bridgehead atoms. The topological polar surface area (TPSA) is 59.4 Å². The molecule has 0 atom stereocenters. The van der Waals surface area contributed by atoms with Crippen molar-refractivity contribution in [3.05, 3.63) is 17.5 Å². The Morgan fingerprint density at radius 3 is 2.89 bits per heavy atom. The van der Waals surface area contributed by atoms with Gasteiger partial charge in [0.1, 0.15) is 0 Å². The molecule has 1 aromatic heterocycles. The first kappa shape index (κ1) is 12.6. The van der Waals surface area contributed by atoms with Crippen LogP contribution >= 0.6 is 0 Å². The number of carbonyl (C=O) groups excluding carboxylic acids is 1. The van der Waals surface area contributed by atoms with Crippen LogP contribution in [0.4, 0.5) is 0 Å². The molecular formula is C13H20N4O2. The second kappa shape index (κ2) is 4.61. The van der Waals surface area contributed by atoms with Crippen LogP contribution in [0.1, 0.15) is 29.0 Å². The summed E-state index contributed by atoms with van der Waals surface area (Å²) in [4.78, 5) is 13.5. The number of fused-ring (bicyclic) bond motifs is 1. The number of hydrogen-bond acceptors (Lipinski definition) is 4. The minimum absolute atomic E-state index is 0.0544. The molecule has 3 rings (SSSR count). The second-order valence-electron chi connectivity index (χ2n) is 5.60. The first-order valence-corrected chi connectivity index (χ1v) is 6.73. The van der Waals surface area contributed by atoms with Crippen molar-refractivity contribution >= 4 is 5.91 Å². The number of amides is 1. The molecule has 0 saturated carbocycles. The highest BCUT2D eigenvalue weighted by molar-refractivity contribution is 5.92.